The van der Waals surface area contributed by atoms with E-state index in [1.807, 2.05) is 13.0 Å². The van der Waals surface area contributed by atoms with Gasteiger partial charge in [-0.15, -0.1) is 0 Å². The van der Waals surface area contributed by atoms with E-state index < -0.39 is 0 Å². The minimum Gasteiger partial charge on any atom is -0.370 e. The van der Waals surface area contributed by atoms with Crippen LogP contribution in [-0.4, -0.2) is 33.0 Å². The molecule has 2 rings (SSSR count). The maximum Gasteiger partial charge on any atom is 0.251 e. The Morgan fingerprint density at radius 3 is 2.90 bits per heavy atom. The number of nitrogens with zero attached hydrogens (tertiary/aromatic N) is 3. The van der Waals surface area contributed by atoms with Crippen molar-refractivity contribution in [3.63, 3.8) is 0 Å². The van der Waals surface area contributed by atoms with Crippen molar-refractivity contribution in [1.29, 1.82) is 0 Å². The summed E-state index contributed by atoms with van der Waals surface area (Å²) in [6.07, 6.45) is 2.34. The highest BCUT2D eigenvalue weighted by molar-refractivity contribution is 5.39. The predicted octanol–water partition coefficient (Wildman–Crippen LogP) is 0.955. The Morgan fingerprint density at radius 1 is 1.30 bits per heavy atom. The van der Waals surface area contributed by atoms with Gasteiger partial charge >= 0.3 is 0 Å². The van der Waals surface area contributed by atoms with E-state index in [1.54, 1.807) is 13.1 Å². The maximum atomic E-state index is 11.3. The first-order chi connectivity index (χ1) is 9.67. The van der Waals surface area contributed by atoms with Gasteiger partial charge in [-0.3, -0.25) is 4.79 Å². The minimum absolute atomic E-state index is 0.127. The van der Waals surface area contributed by atoms with Gasteiger partial charge in [0.2, 0.25) is 5.95 Å². The number of rotatable bonds is 6. The molecule has 3 N–H and O–H groups in total. The van der Waals surface area contributed by atoms with Crippen molar-refractivity contribution >= 4 is 11.8 Å². The summed E-state index contributed by atoms with van der Waals surface area (Å²) in [7, 11) is 0. The lowest BCUT2D eigenvalue weighted by Crippen LogP contribution is -2.14. The molecule has 0 radical (unpaired) electrons. The number of aryl methyl sites for hydroxylation is 1. The number of nitrogens with one attached hydrogen (secondary N) is 3. The van der Waals surface area contributed by atoms with E-state index in [4.69, 9.17) is 0 Å². The fourth-order valence-corrected chi connectivity index (χ4v) is 1.80. The first-order valence-corrected chi connectivity index (χ1v) is 6.55. The molecule has 7 heteroatoms. The molecule has 0 saturated heterocycles. The minimum atomic E-state index is -0.127. The van der Waals surface area contributed by atoms with E-state index >= 15 is 0 Å². The Balaban J connectivity index is 1.92. The summed E-state index contributed by atoms with van der Waals surface area (Å²) < 4.78 is 0. The first-order valence-electron chi connectivity index (χ1n) is 6.55. The molecule has 7 nitrogen and oxygen atoms in total. The Morgan fingerprint density at radius 2 is 2.15 bits per heavy atom. The van der Waals surface area contributed by atoms with Gasteiger partial charge in [-0.25, -0.2) is 9.97 Å². The van der Waals surface area contributed by atoms with Gasteiger partial charge in [-0.2, -0.15) is 4.98 Å². The number of hydrogen-bond acceptors (Lipinski definition) is 6. The van der Waals surface area contributed by atoms with Gasteiger partial charge in [0.15, 0.2) is 0 Å². The van der Waals surface area contributed by atoms with Crippen molar-refractivity contribution in [3.05, 3.63) is 40.2 Å². The second kappa shape index (κ2) is 6.65. The molecule has 0 aliphatic rings. The summed E-state index contributed by atoms with van der Waals surface area (Å²) in [6.45, 7) is 5.20. The third kappa shape index (κ3) is 4.04. The van der Waals surface area contributed by atoms with Crippen LogP contribution < -0.4 is 16.2 Å². The van der Waals surface area contributed by atoms with Crippen LogP contribution in [0.25, 0.3) is 0 Å². The molecule has 0 amide bonds. The number of aromatic amines is 1. The summed E-state index contributed by atoms with van der Waals surface area (Å²) in [5, 5.41) is 6.24. The molecule has 0 aliphatic heterocycles. The largest absolute Gasteiger partial charge is 0.370 e. The molecule has 0 fully saturated rings. The first kappa shape index (κ1) is 14.0. The molecule has 0 atom stereocenters. The standard InChI is InChI=1S/C13H18N6O/c1-3-14-11-5-7-16-13(19-11)15-6-4-10-8-12(20)18-9(2)17-10/h5,7-8H,3-4,6H2,1-2H3,(H,17,18,20)(H2,14,15,16,19). The zero-order chi connectivity index (χ0) is 14.4. The highest BCUT2D eigenvalue weighted by Gasteiger charge is 2.01. The fraction of sp³-hybridized carbons (Fsp3) is 0.385. The van der Waals surface area contributed by atoms with Gasteiger partial charge in [0.25, 0.3) is 5.56 Å². The Kier molecular flexibility index (Phi) is 4.65. The predicted molar refractivity (Wildman–Crippen MR) is 78.0 cm³/mol. The van der Waals surface area contributed by atoms with Gasteiger partial charge < -0.3 is 15.6 Å². The van der Waals surface area contributed by atoms with E-state index in [0.29, 0.717) is 24.7 Å². The molecule has 2 aromatic rings. The van der Waals surface area contributed by atoms with Crippen LogP contribution in [0.1, 0.15) is 18.4 Å². The van der Waals surface area contributed by atoms with Crippen LogP contribution in [0.15, 0.2) is 23.1 Å². The second-order valence-corrected chi connectivity index (χ2v) is 4.29. The van der Waals surface area contributed by atoms with E-state index in [1.165, 1.54) is 6.07 Å². The molecule has 0 unspecified atom stereocenters. The van der Waals surface area contributed by atoms with E-state index in [9.17, 15) is 4.79 Å². The lowest BCUT2D eigenvalue weighted by atomic mass is 10.3. The van der Waals surface area contributed by atoms with Crippen LogP contribution in [0.4, 0.5) is 11.8 Å². The van der Waals surface area contributed by atoms with Crippen LogP contribution in [0.3, 0.4) is 0 Å². The van der Waals surface area contributed by atoms with Crippen LogP contribution in [0, 0.1) is 6.92 Å². The van der Waals surface area contributed by atoms with Crippen LogP contribution in [0.2, 0.25) is 0 Å². The van der Waals surface area contributed by atoms with Gasteiger partial charge in [-0.05, 0) is 19.9 Å². The van der Waals surface area contributed by atoms with Gasteiger partial charge in [0, 0.05) is 37.5 Å². The SMILES string of the molecule is CCNc1ccnc(NCCc2cc(=O)[nH]c(C)n2)n1. The number of H-pyrrole nitrogens is 1. The molecule has 0 aromatic carbocycles. The molecule has 106 valence electrons. The third-order valence-corrected chi connectivity index (χ3v) is 2.59. The quantitative estimate of drug-likeness (QED) is 0.726. The summed E-state index contributed by atoms with van der Waals surface area (Å²) in [6, 6.07) is 3.32. The van der Waals surface area contributed by atoms with Crippen LogP contribution in [0.5, 0.6) is 0 Å². The highest BCUT2D eigenvalue weighted by atomic mass is 16.1. The van der Waals surface area contributed by atoms with Crippen molar-refractivity contribution in [2.45, 2.75) is 20.3 Å². The lowest BCUT2D eigenvalue weighted by molar-refractivity contribution is 0.890. The molecule has 0 spiro atoms. The molecule has 0 saturated carbocycles. The number of hydrogen-bond donors (Lipinski definition) is 3. The summed E-state index contributed by atoms with van der Waals surface area (Å²) >= 11 is 0. The normalized spacial score (nSPS) is 10.3. The van der Waals surface area contributed by atoms with Crippen molar-refractivity contribution < 1.29 is 0 Å². The number of aromatic nitrogens is 4. The Hall–Kier alpha value is -2.44. The number of anilines is 2. The van der Waals surface area contributed by atoms with Gasteiger partial charge in [-0.1, -0.05) is 0 Å². The van der Waals surface area contributed by atoms with Gasteiger partial charge in [0.05, 0.1) is 0 Å². The molecular weight excluding hydrogens is 256 g/mol. The van der Waals surface area contributed by atoms with Crippen LogP contribution >= 0.6 is 0 Å². The molecule has 2 aromatic heterocycles. The van der Waals surface area contributed by atoms with Crippen LogP contribution in [-0.2, 0) is 6.42 Å². The molecule has 0 aliphatic carbocycles. The molecule has 20 heavy (non-hydrogen) atoms. The van der Waals surface area contributed by atoms with E-state index in [-0.39, 0.29) is 5.56 Å². The fourth-order valence-electron chi connectivity index (χ4n) is 1.80. The molecule has 0 bridgehead atoms. The summed E-state index contributed by atoms with van der Waals surface area (Å²) in [5.41, 5.74) is 0.625. The van der Waals surface area contributed by atoms with E-state index in [0.717, 1.165) is 18.1 Å². The lowest BCUT2D eigenvalue weighted by Gasteiger charge is -2.07. The molecule has 2 heterocycles. The summed E-state index contributed by atoms with van der Waals surface area (Å²) in [4.78, 5) is 26.6. The third-order valence-electron chi connectivity index (χ3n) is 2.59. The average Bonchev–Trinajstić information content (AvgIpc) is 2.38. The van der Waals surface area contributed by atoms with Crippen molar-refractivity contribution in [2.24, 2.45) is 0 Å². The Labute approximate surface area is 116 Å². The molecular formula is C13H18N6O. The average molecular weight is 274 g/mol. The van der Waals surface area contributed by atoms with E-state index in [2.05, 4.69) is 30.6 Å². The van der Waals surface area contributed by atoms with Crippen molar-refractivity contribution in [3.8, 4) is 0 Å². The maximum absolute atomic E-state index is 11.3. The monoisotopic (exact) mass is 274 g/mol. The second-order valence-electron chi connectivity index (χ2n) is 4.29. The highest BCUT2D eigenvalue weighted by Crippen LogP contribution is 2.05. The zero-order valence-electron chi connectivity index (χ0n) is 11.6. The summed E-state index contributed by atoms with van der Waals surface area (Å²) in [5.74, 6) is 1.97. The van der Waals surface area contributed by atoms with Gasteiger partial charge in [0.1, 0.15) is 11.6 Å². The zero-order valence-corrected chi connectivity index (χ0v) is 11.6. The topological polar surface area (TPSA) is 95.6 Å². The smallest absolute Gasteiger partial charge is 0.251 e. The van der Waals surface area contributed by atoms with Crippen molar-refractivity contribution in [1.82, 2.24) is 19.9 Å². The van der Waals surface area contributed by atoms with Crippen molar-refractivity contribution in [2.75, 3.05) is 23.7 Å². The Bertz CT molecular complexity index is 624.